The molecule has 6 heteroatoms. The van der Waals surface area contributed by atoms with Gasteiger partial charge in [0.15, 0.2) is 0 Å². The van der Waals surface area contributed by atoms with Crippen LogP contribution in [0.1, 0.15) is 17.5 Å². The predicted molar refractivity (Wildman–Crippen MR) is 127 cm³/mol. The quantitative estimate of drug-likeness (QED) is 0.443. The van der Waals surface area contributed by atoms with Crippen LogP contribution in [-0.4, -0.2) is 36.2 Å². The van der Waals surface area contributed by atoms with Crippen LogP contribution in [0.3, 0.4) is 0 Å². The Hall–Kier alpha value is -1.66. The van der Waals surface area contributed by atoms with Crippen molar-refractivity contribution in [1.82, 2.24) is 4.90 Å². The molecule has 3 aromatic rings. The van der Waals surface area contributed by atoms with Gasteiger partial charge in [-0.15, -0.1) is 0 Å². The maximum absolute atomic E-state index is 11.9. The molecule has 2 aliphatic rings. The maximum Gasteiger partial charge on any atom is 2.00 e. The van der Waals surface area contributed by atoms with Gasteiger partial charge in [0.2, 0.25) is 0 Å². The summed E-state index contributed by atoms with van der Waals surface area (Å²) in [6.07, 6.45) is 1.85. The predicted octanol–water partition coefficient (Wildman–Crippen LogP) is 4.67. The van der Waals surface area contributed by atoms with Crippen LogP contribution in [0.5, 0.6) is 0 Å². The summed E-state index contributed by atoms with van der Waals surface area (Å²) >= 11 is 0. The van der Waals surface area contributed by atoms with E-state index in [-0.39, 0.29) is 58.3 Å². The molecule has 5 rings (SSSR count). The smallest absolute Gasteiger partial charge is 0.455 e. The first-order valence-corrected chi connectivity index (χ1v) is 10.8. The fourth-order valence-corrected chi connectivity index (χ4v) is 3.63. The molecule has 2 heterocycles. The zero-order valence-corrected chi connectivity index (χ0v) is 20.3. The van der Waals surface area contributed by atoms with Gasteiger partial charge in [-0.1, -0.05) is 48.5 Å². The topological polar surface area (TPSA) is 50.8 Å². The van der Waals surface area contributed by atoms with Crippen LogP contribution < -0.4 is 5.73 Å². The Labute approximate surface area is 235 Å². The average Bonchev–Trinajstić information content (AvgIpc) is 3.40. The van der Waals surface area contributed by atoms with Crippen LogP contribution in [0, 0.1) is 65.7 Å². The molecule has 2 N–H and O–H groups in total. The Morgan fingerprint density at radius 2 is 1.70 bits per heavy atom. The van der Waals surface area contributed by atoms with Crippen molar-refractivity contribution < 1.29 is 56.1 Å². The summed E-state index contributed by atoms with van der Waals surface area (Å²) in [6, 6.07) is 29.7. The number of aliphatic imine (C=N–C) groups is 1. The molecule has 0 radical (unpaired) electrons. The molecule has 2 aliphatic heterocycles. The fraction of sp³-hybridized carbons (Fsp3) is 0.259. The molecular formula is C27H30FN3OYb. The summed E-state index contributed by atoms with van der Waals surface area (Å²) in [6.45, 7) is 7.39. The molecule has 1 fully saturated rings. The van der Waals surface area contributed by atoms with Crippen molar-refractivity contribution >= 4 is 6.02 Å². The van der Waals surface area contributed by atoms with Crippen LogP contribution in [0.25, 0.3) is 0 Å². The minimum absolute atomic E-state index is 0. The van der Waals surface area contributed by atoms with Crippen molar-refractivity contribution in [3.05, 3.63) is 115 Å². The second-order valence-electron chi connectivity index (χ2n) is 7.82. The van der Waals surface area contributed by atoms with Gasteiger partial charge in [-0.05, 0) is 17.7 Å². The van der Waals surface area contributed by atoms with Gasteiger partial charge >= 0.3 is 46.9 Å². The summed E-state index contributed by atoms with van der Waals surface area (Å²) < 4.78 is 17.6. The van der Waals surface area contributed by atoms with Crippen LogP contribution in [0.15, 0.2) is 89.9 Å². The zero-order valence-electron chi connectivity index (χ0n) is 18.6. The second kappa shape index (κ2) is 14.6. The Morgan fingerprint density at radius 3 is 2.18 bits per heavy atom. The molecule has 1 spiro atoms. The Bertz CT molecular complexity index is 957. The Balaban J connectivity index is 0.000000201. The zero-order chi connectivity index (χ0) is 22.7. The molecule has 0 aliphatic carbocycles. The van der Waals surface area contributed by atoms with Crippen molar-refractivity contribution in [2.45, 2.75) is 25.0 Å². The van der Waals surface area contributed by atoms with E-state index in [2.05, 4.69) is 47.1 Å². The van der Waals surface area contributed by atoms with Crippen LogP contribution in [-0.2, 0) is 17.7 Å². The van der Waals surface area contributed by atoms with Gasteiger partial charge in [0.25, 0.3) is 6.02 Å². The van der Waals surface area contributed by atoms with E-state index in [9.17, 15) is 4.39 Å². The van der Waals surface area contributed by atoms with Crippen LogP contribution in [0.2, 0.25) is 0 Å². The summed E-state index contributed by atoms with van der Waals surface area (Å²) in [7, 11) is 0. The van der Waals surface area contributed by atoms with E-state index in [0.29, 0.717) is 12.6 Å². The molecule has 180 valence electrons. The number of rotatable bonds is 3. The summed E-state index contributed by atoms with van der Waals surface area (Å²) in [5, 5.41) is 0. The number of hydrogen-bond donors (Lipinski definition) is 1. The minimum atomic E-state index is -0.178. The summed E-state index contributed by atoms with van der Waals surface area (Å²) in [5.74, 6) is -0.178. The van der Waals surface area contributed by atoms with Gasteiger partial charge < -0.3 is 17.4 Å². The molecule has 0 amide bonds. The first kappa shape index (κ1) is 27.6. The Morgan fingerprint density at radius 1 is 1.03 bits per heavy atom. The molecule has 33 heavy (non-hydrogen) atoms. The van der Waals surface area contributed by atoms with Gasteiger partial charge in [-0.25, -0.2) is 9.38 Å². The van der Waals surface area contributed by atoms with Gasteiger partial charge in [-0.3, -0.25) is 4.90 Å². The first-order valence-electron chi connectivity index (χ1n) is 10.8. The maximum atomic E-state index is 11.9. The number of amidine groups is 1. The number of benzene rings is 3. The second-order valence-corrected chi connectivity index (χ2v) is 7.82. The monoisotopic (exact) mass is 605 g/mol. The van der Waals surface area contributed by atoms with E-state index in [1.807, 2.05) is 30.3 Å². The largest absolute Gasteiger partial charge is 2.00 e. The third kappa shape index (κ3) is 9.62. The molecule has 1 unspecified atom stereocenters. The van der Waals surface area contributed by atoms with Crippen molar-refractivity contribution in [1.29, 1.82) is 0 Å². The normalized spacial score (nSPS) is 18.7. The van der Waals surface area contributed by atoms with Gasteiger partial charge in [0.1, 0.15) is 11.4 Å². The molecular weight excluding hydrogens is 574 g/mol. The van der Waals surface area contributed by atoms with Crippen molar-refractivity contribution in [2.24, 2.45) is 10.7 Å². The number of hydrogen-bond acceptors (Lipinski definition) is 4. The molecule has 1 atom stereocenters. The van der Waals surface area contributed by atoms with Gasteiger partial charge in [0, 0.05) is 26.1 Å². The van der Waals surface area contributed by atoms with Crippen LogP contribution >= 0.6 is 0 Å². The third-order valence-corrected chi connectivity index (χ3v) is 5.26. The van der Waals surface area contributed by atoms with E-state index in [0.717, 1.165) is 32.5 Å². The molecule has 3 aromatic carbocycles. The molecule has 4 nitrogen and oxygen atoms in total. The van der Waals surface area contributed by atoms with Gasteiger partial charge in [-0.2, -0.15) is 42.3 Å². The summed E-state index contributed by atoms with van der Waals surface area (Å²) in [5.41, 5.74) is 7.97. The van der Waals surface area contributed by atoms with E-state index < -0.39 is 0 Å². The van der Waals surface area contributed by atoms with E-state index in [1.165, 1.54) is 23.3 Å². The Kier molecular flexibility index (Phi) is 12.2. The van der Waals surface area contributed by atoms with Gasteiger partial charge in [0.05, 0.1) is 6.54 Å². The molecule has 0 saturated carbocycles. The third-order valence-electron chi connectivity index (χ3n) is 5.26. The van der Waals surface area contributed by atoms with E-state index in [1.54, 1.807) is 18.2 Å². The first-order chi connectivity index (χ1) is 15.6. The SMILES string of the molecule is Fc1ccccc1.NC1=NCC2(CCN(Cc3ccccc3)C2)O1.[CH2-]Cc1[c-]cccc1.[Yb+2]. The summed E-state index contributed by atoms with van der Waals surface area (Å²) in [4.78, 5) is 6.56. The number of halogens is 1. The fourth-order valence-electron chi connectivity index (χ4n) is 3.63. The number of nitrogens with two attached hydrogens (primary N) is 1. The van der Waals surface area contributed by atoms with Crippen LogP contribution in [0.4, 0.5) is 4.39 Å². The standard InChI is InChI=1S/C13H17N3O.C8H8.C6H5F.Yb/c14-12-15-9-13(17-12)6-7-16(10-13)8-11-4-2-1-3-5-11;1-2-8-6-4-3-5-7-8;7-6-4-2-1-3-5-6;/h1-5H,6-10H2,(H2,14,15);3-6H,1-2H2;1-5H;/q;-2;;+2. The molecule has 0 bridgehead atoms. The van der Waals surface area contributed by atoms with Crippen molar-refractivity contribution in [2.75, 3.05) is 19.6 Å². The van der Waals surface area contributed by atoms with E-state index in [4.69, 9.17) is 10.5 Å². The number of likely N-dealkylation sites (tertiary alicyclic amines) is 1. The molecule has 1 saturated heterocycles. The number of nitrogens with zero attached hydrogens (tertiary/aromatic N) is 2. The molecule has 0 aromatic heterocycles. The van der Waals surface area contributed by atoms with Crippen molar-refractivity contribution in [3.8, 4) is 0 Å². The number of ether oxygens (including phenoxy) is 1. The van der Waals surface area contributed by atoms with E-state index >= 15 is 0 Å². The minimum Gasteiger partial charge on any atom is -0.455 e. The van der Waals surface area contributed by atoms with Crippen molar-refractivity contribution in [3.63, 3.8) is 0 Å². The average molecular weight is 605 g/mol.